The van der Waals surface area contributed by atoms with E-state index in [0.29, 0.717) is 17.7 Å². The first-order valence-corrected chi connectivity index (χ1v) is 12.5. The van der Waals surface area contributed by atoms with Crippen LogP contribution in [0.3, 0.4) is 0 Å². The molecule has 1 amide bonds. The maximum absolute atomic E-state index is 12.7. The van der Waals surface area contributed by atoms with E-state index >= 15 is 0 Å². The number of nitrogens with zero attached hydrogens (tertiary/aromatic N) is 3. The first-order chi connectivity index (χ1) is 15.5. The number of anilines is 1. The number of aryl methyl sites for hydroxylation is 2. The molecule has 1 aliphatic rings. The van der Waals surface area contributed by atoms with Crippen molar-refractivity contribution in [1.82, 2.24) is 19.7 Å². The number of H-pyrrole nitrogens is 1. The Morgan fingerprint density at radius 1 is 1.16 bits per heavy atom. The summed E-state index contributed by atoms with van der Waals surface area (Å²) in [6.07, 6.45) is 0.319. The van der Waals surface area contributed by atoms with Crippen molar-refractivity contribution in [3.8, 4) is 11.4 Å². The van der Waals surface area contributed by atoms with E-state index in [1.807, 2.05) is 60.5 Å². The predicted octanol–water partition coefficient (Wildman–Crippen LogP) is 4.80. The second-order valence-corrected chi connectivity index (χ2v) is 9.82. The molecule has 0 saturated carbocycles. The first-order valence-electron chi connectivity index (χ1n) is 10.9. The van der Waals surface area contributed by atoms with Crippen LogP contribution in [0, 0.1) is 18.6 Å². The fourth-order valence-electron chi connectivity index (χ4n) is 3.86. The zero-order chi connectivity index (χ0) is 22.5. The van der Waals surface area contributed by atoms with Crippen molar-refractivity contribution < 1.29 is 4.79 Å². The van der Waals surface area contributed by atoms with Gasteiger partial charge in [-0.15, -0.1) is 0 Å². The number of aromatic nitrogens is 3. The molecule has 0 atom stereocenters. The summed E-state index contributed by atoms with van der Waals surface area (Å²) < 4.78 is 2.40. The van der Waals surface area contributed by atoms with Crippen LogP contribution in [0.5, 0.6) is 0 Å². The van der Waals surface area contributed by atoms with Gasteiger partial charge in [-0.1, -0.05) is 42.0 Å². The lowest BCUT2D eigenvalue weighted by Crippen LogP contribution is -2.31. The van der Waals surface area contributed by atoms with Crippen LogP contribution < -0.4 is 5.32 Å². The molecule has 0 spiro atoms. The van der Waals surface area contributed by atoms with Crippen LogP contribution in [0.15, 0.2) is 42.5 Å². The van der Waals surface area contributed by atoms with E-state index in [2.05, 4.69) is 32.5 Å². The van der Waals surface area contributed by atoms with Gasteiger partial charge in [0.25, 0.3) is 0 Å². The van der Waals surface area contributed by atoms with Gasteiger partial charge in [0.1, 0.15) is 0 Å². The van der Waals surface area contributed by atoms with Gasteiger partial charge in [-0.2, -0.15) is 16.9 Å². The molecule has 6 nitrogen and oxygen atoms in total. The van der Waals surface area contributed by atoms with Crippen molar-refractivity contribution in [2.75, 3.05) is 29.9 Å². The summed E-state index contributed by atoms with van der Waals surface area (Å²) in [4.78, 5) is 15.2. The number of aromatic amines is 1. The number of thioether (sulfide) groups is 1. The third-order valence-corrected chi connectivity index (χ3v) is 6.96. The Labute approximate surface area is 198 Å². The Morgan fingerprint density at radius 2 is 1.91 bits per heavy atom. The number of hydrogen-bond donors (Lipinski definition) is 2. The molecular weight excluding hydrogens is 438 g/mol. The number of rotatable bonds is 7. The van der Waals surface area contributed by atoms with Gasteiger partial charge in [-0.3, -0.25) is 19.4 Å². The Hall–Kier alpha value is -2.42. The largest absolute Gasteiger partial charge is 0.326 e. The highest BCUT2D eigenvalue weighted by atomic mass is 32.2. The summed E-state index contributed by atoms with van der Waals surface area (Å²) in [6.45, 7) is 7.82. The van der Waals surface area contributed by atoms with E-state index in [-0.39, 0.29) is 5.91 Å². The molecule has 2 heterocycles. The minimum atomic E-state index is -0.0353. The first kappa shape index (κ1) is 22.8. The third kappa shape index (κ3) is 5.68. The molecule has 1 fully saturated rings. The molecule has 168 valence electrons. The Bertz CT molecular complexity index is 1130. The molecule has 3 aromatic rings. The number of carbonyl (C=O) groups is 1. The minimum Gasteiger partial charge on any atom is -0.326 e. The molecule has 1 saturated heterocycles. The van der Waals surface area contributed by atoms with Gasteiger partial charge in [-0.05, 0) is 43.3 Å². The van der Waals surface area contributed by atoms with Crippen LogP contribution in [0.4, 0.5) is 5.69 Å². The molecule has 1 aromatic heterocycles. The van der Waals surface area contributed by atoms with Gasteiger partial charge < -0.3 is 5.32 Å². The SMILES string of the molecule is Cc1ccc(-c2n[nH]c(=S)n2CCC(=O)Nc2ccc(CN3CCSCC3)cc2C)cc1. The van der Waals surface area contributed by atoms with Gasteiger partial charge in [0.05, 0.1) is 0 Å². The number of benzene rings is 2. The zero-order valence-electron chi connectivity index (χ0n) is 18.6. The van der Waals surface area contributed by atoms with Crippen LogP contribution in [0.1, 0.15) is 23.1 Å². The van der Waals surface area contributed by atoms with E-state index in [0.717, 1.165) is 42.3 Å². The van der Waals surface area contributed by atoms with E-state index < -0.39 is 0 Å². The summed E-state index contributed by atoms with van der Waals surface area (Å²) in [7, 11) is 0. The maximum atomic E-state index is 12.7. The smallest absolute Gasteiger partial charge is 0.226 e. The average molecular weight is 468 g/mol. The van der Waals surface area contributed by atoms with E-state index in [1.165, 1.54) is 22.6 Å². The van der Waals surface area contributed by atoms with Crippen LogP contribution in [-0.2, 0) is 17.9 Å². The predicted molar refractivity (Wildman–Crippen MR) is 135 cm³/mol. The van der Waals surface area contributed by atoms with Gasteiger partial charge in [0.2, 0.25) is 5.91 Å². The van der Waals surface area contributed by atoms with Crippen LogP contribution in [-0.4, -0.2) is 50.2 Å². The van der Waals surface area contributed by atoms with Gasteiger partial charge in [0, 0.05) is 55.4 Å². The Morgan fingerprint density at radius 3 is 2.62 bits per heavy atom. The summed E-state index contributed by atoms with van der Waals surface area (Å²) in [5.74, 6) is 3.13. The summed E-state index contributed by atoms with van der Waals surface area (Å²) in [5.41, 5.74) is 5.40. The fraction of sp³-hybridized carbons (Fsp3) is 0.375. The highest BCUT2D eigenvalue weighted by Crippen LogP contribution is 2.21. The van der Waals surface area contributed by atoms with E-state index in [4.69, 9.17) is 12.2 Å². The molecule has 32 heavy (non-hydrogen) atoms. The van der Waals surface area contributed by atoms with Crippen molar-refractivity contribution in [3.05, 3.63) is 63.9 Å². The van der Waals surface area contributed by atoms with Crippen molar-refractivity contribution in [2.45, 2.75) is 33.4 Å². The van der Waals surface area contributed by atoms with Gasteiger partial charge >= 0.3 is 0 Å². The lowest BCUT2D eigenvalue weighted by Gasteiger charge is -2.26. The van der Waals surface area contributed by atoms with Crippen molar-refractivity contribution >= 4 is 35.6 Å². The normalized spacial score (nSPS) is 14.4. The molecule has 1 aliphatic heterocycles. The second kappa shape index (κ2) is 10.5. The van der Waals surface area contributed by atoms with Crippen molar-refractivity contribution in [2.24, 2.45) is 0 Å². The lowest BCUT2D eigenvalue weighted by molar-refractivity contribution is -0.116. The molecule has 0 radical (unpaired) electrons. The molecule has 2 aromatic carbocycles. The number of nitrogens with one attached hydrogen (secondary N) is 2. The molecule has 2 N–H and O–H groups in total. The highest BCUT2D eigenvalue weighted by Gasteiger charge is 2.13. The Balaban J connectivity index is 1.37. The molecule has 0 unspecified atom stereocenters. The molecular formula is C24H29N5OS2. The highest BCUT2D eigenvalue weighted by molar-refractivity contribution is 7.99. The fourth-order valence-corrected chi connectivity index (χ4v) is 5.06. The molecule has 8 heteroatoms. The minimum absolute atomic E-state index is 0.0353. The zero-order valence-corrected chi connectivity index (χ0v) is 20.2. The summed E-state index contributed by atoms with van der Waals surface area (Å²) in [5, 5.41) is 10.3. The number of hydrogen-bond acceptors (Lipinski definition) is 5. The van der Waals surface area contributed by atoms with Crippen LogP contribution in [0.2, 0.25) is 0 Å². The topological polar surface area (TPSA) is 66.0 Å². The summed E-state index contributed by atoms with van der Waals surface area (Å²) >= 11 is 7.41. The lowest BCUT2D eigenvalue weighted by atomic mass is 10.1. The van der Waals surface area contributed by atoms with Crippen LogP contribution in [0.25, 0.3) is 11.4 Å². The molecule has 4 rings (SSSR count). The van der Waals surface area contributed by atoms with E-state index in [1.54, 1.807) is 0 Å². The summed E-state index contributed by atoms with van der Waals surface area (Å²) in [6, 6.07) is 14.4. The van der Waals surface area contributed by atoms with E-state index in [9.17, 15) is 4.79 Å². The molecule has 0 bridgehead atoms. The van der Waals surface area contributed by atoms with Crippen LogP contribution >= 0.6 is 24.0 Å². The van der Waals surface area contributed by atoms with Gasteiger partial charge in [-0.25, -0.2) is 0 Å². The maximum Gasteiger partial charge on any atom is 0.226 e. The molecule has 0 aliphatic carbocycles. The quantitative estimate of drug-likeness (QED) is 0.489. The Kier molecular flexibility index (Phi) is 7.44. The van der Waals surface area contributed by atoms with Crippen molar-refractivity contribution in [3.63, 3.8) is 0 Å². The third-order valence-electron chi connectivity index (χ3n) is 5.71. The number of amides is 1. The average Bonchev–Trinajstić information content (AvgIpc) is 3.16. The number of carbonyl (C=O) groups excluding carboxylic acids is 1. The monoisotopic (exact) mass is 467 g/mol. The van der Waals surface area contributed by atoms with Gasteiger partial charge in [0.15, 0.2) is 10.6 Å². The standard InChI is InChI=1S/C24H29N5OS2/c1-17-3-6-20(7-4-17)23-26-27-24(31)29(23)10-9-22(30)25-21-8-5-19(15-18(21)2)16-28-11-13-32-14-12-28/h3-8,15H,9-14,16H2,1-2H3,(H,25,30)(H,27,31). The van der Waals surface area contributed by atoms with Crippen molar-refractivity contribution in [1.29, 1.82) is 0 Å². The second-order valence-electron chi connectivity index (χ2n) is 8.21.